The van der Waals surface area contributed by atoms with Crippen LogP contribution in [0.5, 0.6) is 11.5 Å². The van der Waals surface area contributed by atoms with Crippen LogP contribution in [0.3, 0.4) is 0 Å². The third-order valence-corrected chi connectivity index (χ3v) is 5.84. The number of hydrogen-bond donors (Lipinski definition) is 0. The minimum absolute atomic E-state index is 0.0354. The number of aromatic nitrogens is 2. The molecule has 1 fully saturated rings. The van der Waals surface area contributed by atoms with Crippen LogP contribution in [0.2, 0.25) is 0 Å². The van der Waals surface area contributed by atoms with E-state index in [-0.39, 0.29) is 17.9 Å². The van der Waals surface area contributed by atoms with Crippen LogP contribution in [0.15, 0.2) is 47.0 Å². The molecule has 0 spiro atoms. The van der Waals surface area contributed by atoms with Crippen LogP contribution < -0.4 is 14.4 Å². The molecule has 0 radical (unpaired) electrons. The summed E-state index contributed by atoms with van der Waals surface area (Å²) in [7, 11) is 1.66. The maximum Gasteiger partial charge on any atom is 0.265 e. The first-order chi connectivity index (χ1) is 14.6. The van der Waals surface area contributed by atoms with Crippen LogP contribution in [0.4, 0.5) is 5.69 Å². The Morgan fingerprint density at radius 1 is 1.17 bits per heavy atom. The van der Waals surface area contributed by atoms with Gasteiger partial charge in [-0.05, 0) is 55.2 Å². The van der Waals surface area contributed by atoms with Crippen molar-refractivity contribution in [2.75, 3.05) is 25.2 Å². The average Bonchev–Trinajstić information content (AvgIpc) is 3.44. The SMILES string of the molecule is CCCN1C(=O)COc2ccc(-c3noc(C4(c5ccc(OC)cc5)CC4)n3)cc21. The van der Waals surface area contributed by atoms with Gasteiger partial charge in [0.15, 0.2) is 6.61 Å². The summed E-state index contributed by atoms with van der Waals surface area (Å²) in [6, 6.07) is 13.7. The Labute approximate surface area is 174 Å². The molecule has 1 saturated carbocycles. The van der Waals surface area contributed by atoms with Crippen molar-refractivity contribution in [3.05, 3.63) is 53.9 Å². The van der Waals surface area contributed by atoms with Crippen molar-refractivity contribution in [2.45, 2.75) is 31.6 Å². The second-order valence-corrected chi connectivity index (χ2v) is 7.75. The molecule has 3 aromatic rings. The molecule has 0 bridgehead atoms. The Bertz CT molecular complexity index is 1090. The topological polar surface area (TPSA) is 77.7 Å². The Morgan fingerprint density at radius 2 is 1.97 bits per heavy atom. The molecule has 7 nitrogen and oxygen atoms in total. The Kier molecular flexibility index (Phi) is 4.46. The number of ether oxygens (including phenoxy) is 2. The first-order valence-corrected chi connectivity index (χ1v) is 10.2. The van der Waals surface area contributed by atoms with Gasteiger partial charge in [0, 0.05) is 12.1 Å². The van der Waals surface area contributed by atoms with Crippen LogP contribution in [0.25, 0.3) is 11.4 Å². The number of benzene rings is 2. The zero-order valence-electron chi connectivity index (χ0n) is 17.1. The summed E-state index contributed by atoms with van der Waals surface area (Å²) < 4.78 is 16.5. The van der Waals surface area contributed by atoms with Crippen molar-refractivity contribution in [1.29, 1.82) is 0 Å². The summed E-state index contributed by atoms with van der Waals surface area (Å²) in [6.07, 6.45) is 2.81. The van der Waals surface area contributed by atoms with Gasteiger partial charge in [0.2, 0.25) is 11.7 Å². The fraction of sp³-hybridized carbons (Fsp3) is 0.348. The largest absolute Gasteiger partial charge is 0.497 e. The van der Waals surface area contributed by atoms with Gasteiger partial charge in [-0.3, -0.25) is 4.79 Å². The van der Waals surface area contributed by atoms with E-state index in [4.69, 9.17) is 19.0 Å². The lowest BCUT2D eigenvalue weighted by atomic mass is 9.96. The Morgan fingerprint density at radius 3 is 2.67 bits per heavy atom. The van der Waals surface area contributed by atoms with Gasteiger partial charge in [-0.1, -0.05) is 24.2 Å². The van der Waals surface area contributed by atoms with Crippen molar-refractivity contribution < 1.29 is 18.8 Å². The summed E-state index contributed by atoms with van der Waals surface area (Å²) in [6.45, 7) is 2.77. The van der Waals surface area contributed by atoms with Gasteiger partial charge in [-0.2, -0.15) is 4.98 Å². The molecule has 7 heteroatoms. The quantitative estimate of drug-likeness (QED) is 0.618. The summed E-state index contributed by atoms with van der Waals surface area (Å²) >= 11 is 0. The number of nitrogens with zero attached hydrogens (tertiary/aromatic N) is 3. The van der Waals surface area contributed by atoms with E-state index in [2.05, 4.69) is 17.3 Å². The maximum atomic E-state index is 12.3. The van der Waals surface area contributed by atoms with E-state index in [0.717, 1.165) is 41.8 Å². The van der Waals surface area contributed by atoms with E-state index in [1.165, 1.54) is 0 Å². The van der Waals surface area contributed by atoms with Gasteiger partial charge in [0.1, 0.15) is 11.5 Å². The zero-order valence-corrected chi connectivity index (χ0v) is 17.1. The molecule has 1 aliphatic heterocycles. The van der Waals surface area contributed by atoms with Crippen molar-refractivity contribution in [3.63, 3.8) is 0 Å². The van der Waals surface area contributed by atoms with Crippen LogP contribution in [0, 0.1) is 0 Å². The molecule has 1 aromatic heterocycles. The molecule has 154 valence electrons. The third-order valence-electron chi connectivity index (χ3n) is 5.84. The predicted octanol–water partition coefficient (Wildman–Crippen LogP) is 3.96. The molecular weight excluding hydrogens is 382 g/mol. The second-order valence-electron chi connectivity index (χ2n) is 7.75. The highest BCUT2D eigenvalue weighted by Crippen LogP contribution is 2.53. The van der Waals surface area contributed by atoms with Gasteiger partial charge in [-0.15, -0.1) is 0 Å². The molecule has 0 unspecified atom stereocenters. The second kappa shape index (κ2) is 7.16. The number of methoxy groups -OCH3 is 1. The number of rotatable bonds is 6. The standard InChI is InChI=1S/C23H23N3O4/c1-3-12-26-18-13-15(4-9-19(18)29-14-20(26)27)21-24-22(30-25-21)23(10-11-23)16-5-7-17(28-2)8-6-16/h4-9,13H,3,10-12,14H2,1-2H3. The number of amides is 1. The lowest BCUT2D eigenvalue weighted by Crippen LogP contribution is -2.39. The van der Waals surface area contributed by atoms with Gasteiger partial charge in [-0.25, -0.2) is 0 Å². The number of carbonyl (C=O) groups excluding carboxylic acids is 1. The lowest BCUT2D eigenvalue weighted by molar-refractivity contribution is -0.121. The van der Waals surface area contributed by atoms with Crippen LogP contribution in [-0.2, 0) is 10.2 Å². The predicted molar refractivity (Wildman–Crippen MR) is 111 cm³/mol. The van der Waals surface area contributed by atoms with Gasteiger partial charge in [0.25, 0.3) is 5.91 Å². The normalized spacial score (nSPS) is 16.7. The monoisotopic (exact) mass is 405 g/mol. The minimum atomic E-state index is -0.223. The third kappa shape index (κ3) is 3.01. The first kappa shape index (κ1) is 18.7. The number of fused-ring (bicyclic) bond motifs is 1. The molecule has 2 aromatic carbocycles. The number of anilines is 1. The van der Waals surface area contributed by atoms with E-state index in [1.54, 1.807) is 12.0 Å². The van der Waals surface area contributed by atoms with E-state index in [9.17, 15) is 4.79 Å². The van der Waals surface area contributed by atoms with Gasteiger partial charge >= 0.3 is 0 Å². The molecule has 1 aliphatic carbocycles. The molecule has 2 aliphatic rings. The number of hydrogen-bond acceptors (Lipinski definition) is 6. The Hall–Kier alpha value is -3.35. The maximum absolute atomic E-state index is 12.3. The number of carbonyl (C=O) groups is 1. The van der Waals surface area contributed by atoms with Crippen molar-refractivity contribution in [2.24, 2.45) is 0 Å². The molecule has 5 rings (SSSR count). The fourth-order valence-corrected chi connectivity index (χ4v) is 4.01. The van der Waals surface area contributed by atoms with Crippen molar-refractivity contribution in [1.82, 2.24) is 10.1 Å². The zero-order chi connectivity index (χ0) is 20.7. The van der Waals surface area contributed by atoms with Crippen molar-refractivity contribution >= 4 is 11.6 Å². The molecule has 0 N–H and O–H groups in total. The highest BCUT2D eigenvalue weighted by molar-refractivity contribution is 5.98. The summed E-state index contributed by atoms with van der Waals surface area (Å²) in [5.74, 6) is 2.63. The highest BCUT2D eigenvalue weighted by Gasteiger charge is 2.51. The lowest BCUT2D eigenvalue weighted by Gasteiger charge is -2.29. The minimum Gasteiger partial charge on any atom is -0.497 e. The van der Waals surface area contributed by atoms with Crippen LogP contribution in [0.1, 0.15) is 37.6 Å². The molecule has 2 heterocycles. The van der Waals surface area contributed by atoms with Crippen LogP contribution in [-0.4, -0.2) is 36.3 Å². The summed E-state index contributed by atoms with van der Waals surface area (Å²) in [5.41, 5.74) is 2.48. The van der Waals surface area contributed by atoms with E-state index < -0.39 is 0 Å². The first-order valence-electron chi connectivity index (χ1n) is 10.2. The fourth-order valence-electron chi connectivity index (χ4n) is 4.01. The molecular formula is C23H23N3O4. The van der Waals surface area contributed by atoms with Gasteiger partial charge < -0.3 is 18.9 Å². The Balaban J connectivity index is 1.47. The summed E-state index contributed by atoms with van der Waals surface area (Å²) in [5, 5.41) is 4.24. The van der Waals surface area contributed by atoms with Crippen LogP contribution >= 0.6 is 0 Å². The molecule has 0 atom stereocenters. The molecule has 30 heavy (non-hydrogen) atoms. The van der Waals surface area contributed by atoms with Gasteiger partial charge in [0.05, 0.1) is 18.2 Å². The molecule has 0 saturated heterocycles. The summed E-state index contributed by atoms with van der Waals surface area (Å²) in [4.78, 5) is 18.8. The highest BCUT2D eigenvalue weighted by atomic mass is 16.5. The van der Waals surface area contributed by atoms with E-state index in [1.807, 2.05) is 37.3 Å². The smallest absolute Gasteiger partial charge is 0.265 e. The van der Waals surface area contributed by atoms with E-state index >= 15 is 0 Å². The van der Waals surface area contributed by atoms with E-state index in [0.29, 0.717) is 24.0 Å². The van der Waals surface area contributed by atoms with Crippen molar-refractivity contribution in [3.8, 4) is 22.9 Å². The molecule has 1 amide bonds. The average molecular weight is 405 g/mol.